The normalized spacial score (nSPS) is 18.1. The van der Waals surface area contributed by atoms with E-state index in [0.717, 1.165) is 37.3 Å². The molecule has 8 nitrogen and oxygen atoms in total. The number of likely N-dealkylation sites (N-methyl/N-ethyl adjacent to an activating group) is 1. The van der Waals surface area contributed by atoms with Crippen molar-refractivity contribution in [2.45, 2.75) is 71.9 Å². The Kier molecular flexibility index (Phi) is 8.90. The number of piperazine rings is 1. The molecule has 2 fully saturated rings. The molecule has 36 heavy (non-hydrogen) atoms. The second kappa shape index (κ2) is 12.1. The van der Waals surface area contributed by atoms with Crippen LogP contribution < -0.4 is 20.5 Å². The fraction of sp³-hybridized carbons (Fsp3) is 0.643. The maximum absolute atomic E-state index is 12.7. The van der Waals surface area contributed by atoms with Crippen molar-refractivity contribution in [2.24, 2.45) is 0 Å². The monoisotopic (exact) mass is 496 g/mol. The number of aromatic amines is 1. The Morgan fingerprint density at radius 2 is 1.78 bits per heavy atom. The van der Waals surface area contributed by atoms with Gasteiger partial charge in [0, 0.05) is 56.7 Å². The van der Waals surface area contributed by atoms with Crippen molar-refractivity contribution in [3.05, 3.63) is 39.8 Å². The van der Waals surface area contributed by atoms with Gasteiger partial charge in [-0.3, -0.25) is 9.69 Å². The Balaban J connectivity index is 1.42. The Bertz CT molecular complexity index is 1050. The van der Waals surface area contributed by atoms with E-state index in [0.29, 0.717) is 18.3 Å². The molecule has 0 atom stereocenters. The van der Waals surface area contributed by atoms with Crippen LogP contribution in [-0.2, 0) is 6.42 Å². The average molecular weight is 497 g/mol. The molecule has 0 saturated carbocycles. The van der Waals surface area contributed by atoms with Crippen LogP contribution in [0.1, 0.15) is 57.7 Å². The maximum Gasteiger partial charge on any atom is 0.291 e. The molecule has 1 aromatic carbocycles. The lowest BCUT2D eigenvalue weighted by Crippen LogP contribution is -2.52. The molecule has 1 aromatic heterocycles. The minimum absolute atomic E-state index is 0.0865. The van der Waals surface area contributed by atoms with E-state index in [-0.39, 0.29) is 17.5 Å². The van der Waals surface area contributed by atoms with Crippen LogP contribution in [0.5, 0.6) is 5.88 Å². The lowest BCUT2D eigenvalue weighted by Gasteiger charge is -2.43. The van der Waals surface area contributed by atoms with E-state index in [2.05, 4.69) is 69.9 Å². The first kappa shape index (κ1) is 26.5. The number of aryl methyl sites for hydroxylation is 2. The minimum atomic E-state index is -0.226. The molecular formula is C28H44N6O2. The molecule has 2 N–H and O–H groups in total. The van der Waals surface area contributed by atoms with Gasteiger partial charge in [-0.25, -0.2) is 0 Å². The fourth-order valence-electron chi connectivity index (χ4n) is 5.39. The summed E-state index contributed by atoms with van der Waals surface area (Å²) in [7, 11) is 2.22. The van der Waals surface area contributed by atoms with Gasteiger partial charge < -0.3 is 24.8 Å². The minimum Gasteiger partial charge on any atom is -0.473 e. The topological polar surface area (TPSA) is 76.7 Å². The molecule has 2 aliphatic heterocycles. The van der Waals surface area contributed by atoms with Gasteiger partial charge in [0.1, 0.15) is 0 Å². The molecule has 0 amide bonds. The van der Waals surface area contributed by atoms with Crippen LogP contribution >= 0.6 is 0 Å². The third-order valence-corrected chi connectivity index (χ3v) is 7.81. The number of anilines is 3. The Morgan fingerprint density at radius 1 is 1.08 bits per heavy atom. The van der Waals surface area contributed by atoms with Crippen molar-refractivity contribution >= 4 is 17.2 Å². The first-order valence-corrected chi connectivity index (χ1v) is 13.8. The lowest BCUT2D eigenvalue weighted by molar-refractivity contribution is 0.0982. The molecule has 0 radical (unpaired) electrons. The molecule has 2 aliphatic rings. The largest absolute Gasteiger partial charge is 0.473 e. The molecule has 0 bridgehead atoms. The Labute approximate surface area is 216 Å². The van der Waals surface area contributed by atoms with E-state index in [4.69, 9.17) is 4.74 Å². The number of benzene rings is 1. The van der Waals surface area contributed by atoms with Crippen LogP contribution in [0.4, 0.5) is 17.2 Å². The van der Waals surface area contributed by atoms with Crippen molar-refractivity contribution in [3.8, 4) is 5.88 Å². The van der Waals surface area contributed by atoms with Gasteiger partial charge in [-0.2, -0.15) is 4.98 Å². The second-order valence-corrected chi connectivity index (χ2v) is 10.3. The zero-order valence-corrected chi connectivity index (χ0v) is 22.8. The zero-order chi connectivity index (χ0) is 25.7. The predicted octanol–water partition coefficient (Wildman–Crippen LogP) is 4.17. The van der Waals surface area contributed by atoms with E-state index < -0.39 is 0 Å². The van der Waals surface area contributed by atoms with Gasteiger partial charge in [0.2, 0.25) is 5.88 Å². The summed E-state index contributed by atoms with van der Waals surface area (Å²) in [5.41, 5.74) is 3.85. The van der Waals surface area contributed by atoms with Gasteiger partial charge in [-0.15, -0.1) is 0 Å². The number of nitrogens with zero attached hydrogens (tertiary/aromatic N) is 4. The number of rotatable bonds is 9. The number of H-pyrrole nitrogens is 1. The zero-order valence-electron chi connectivity index (χ0n) is 22.8. The molecule has 198 valence electrons. The first-order chi connectivity index (χ1) is 17.4. The third-order valence-electron chi connectivity index (χ3n) is 7.81. The van der Waals surface area contributed by atoms with E-state index in [1.165, 1.54) is 50.3 Å². The molecule has 0 aliphatic carbocycles. The van der Waals surface area contributed by atoms with Gasteiger partial charge >= 0.3 is 0 Å². The number of hydrogen-bond donors (Lipinski definition) is 2. The highest BCUT2D eigenvalue weighted by atomic mass is 16.5. The summed E-state index contributed by atoms with van der Waals surface area (Å²) >= 11 is 0. The maximum atomic E-state index is 12.7. The van der Waals surface area contributed by atoms with Crippen molar-refractivity contribution in [1.29, 1.82) is 0 Å². The fourth-order valence-corrected chi connectivity index (χ4v) is 5.39. The summed E-state index contributed by atoms with van der Waals surface area (Å²) in [6, 6.07) is 7.03. The smallest absolute Gasteiger partial charge is 0.291 e. The van der Waals surface area contributed by atoms with Gasteiger partial charge in [-0.1, -0.05) is 20.8 Å². The molecule has 4 rings (SSSR count). The van der Waals surface area contributed by atoms with Gasteiger partial charge in [0.05, 0.1) is 11.8 Å². The van der Waals surface area contributed by atoms with Crippen LogP contribution in [0.3, 0.4) is 0 Å². The second-order valence-electron chi connectivity index (χ2n) is 10.3. The van der Waals surface area contributed by atoms with Crippen LogP contribution in [0, 0.1) is 6.92 Å². The highest BCUT2D eigenvalue weighted by Gasteiger charge is 2.27. The SMILES string of the molecule is CCc1[nH]c(=O)c(Nc2ccc(N3CCC(N4CCN(C)CC4)CC3)c(C)c2)nc1OC(CC)CC. The summed E-state index contributed by atoms with van der Waals surface area (Å²) in [5, 5.41) is 3.23. The third kappa shape index (κ3) is 6.21. The van der Waals surface area contributed by atoms with Gasteiger partial charge in [0.25, 0.3) is 5.56 Å². The molecule has 8 heteroatoms. The van der Waals surface area contributed by atoms with Crippen LogP contribution in [0.15, 0.2) is 23.0 Å². The number of piperidine rings is 1. The van der Waals surface area contributed by atoms with Crippen LogP contribution in [0.25, 0.3) is 0 Å². The highest BCUT2D eigenvalue weighted by Crippen LogP contribution is 2.29. The first-order valence-electron chi connectivity index (χ1n) is 13.8. The number of ether oxygens (including phenoxy) is 1. The molecule has 3 heterocycles. The summed E-state index contributed by atoms with van der Waals surface area (Å²) in [4.78, 5) is 27.9. The Morgan fingerprint density at radius 3 is 2.39 bits per heavy atom. The lowest BCUT2D eigenvalue weighted by atomic mass is 10.0. The number of nitrogens with one attached hydrogen (secondary N) is 2. The number of hydrogen-bond acceptors (Lipinski definition) is 7. The van der Waals surface area contributed by atoms with Crippen molar-refractivity contribution < 1.29 is 4.74 Å². The molecule has 0 unspecified atom stereocenters. The van der Waals surface area contributed by atoms with E-state index in [9.17, 15) is 4.79 Å². The van der Waals surface area contributed by atoms with E-state index in [1.54, 1.807) is 0 Å². The molecule has 2 saturated heterocycles. The summed E-state index contributed by atoms with van der Waals surface area (Å²) < 4.78 is 6.11. The van der Waals surface area contributed by atoms with E-state index in [1.807, 2.05) is 13.0 Å². The Hall–Kier alpha value is -2.58. The van der Waals surface area contributed by atoms with Crippen LogP contribution in [-0.4, -0.2) is 78.2 Å². The van der Waals surface area contributed by atoms with Gasteiger partial charge in [-0.05, 0) is 69.8 Å². The molecule has 2 aromatic rings. The van der Waals surface area contributed by atoms with Crippen molar-refractivity contribution in [3.63, 3.8) is 0 Å². The van der Waals surface area contributed by atoms with Gasteiger partial charge in [0.15, 0.2) is 5.82 Å². The summed E-state index contributed by atoms with van der Waals surface area (Å²) in [6.45, 7) is 15.3. The van der Waals surface area contributed by atoms with E-state index >= 15 is 0 Å². The summed E-state index contributed by atoms with van der Waals surface area (Å²) in [5.74, 6) is 0.790. The van der Waals surface area contributed by atoms with Crippen molar-refractivity contribution in [2.75, 3.05) is 56.5 Å². The molecule has 0 spiro atoms. The van der Waals surface area contributed by atoms with Crippen LogP contribution in [0.2, 0.25) is 0 Å². The quantitative estimate of drug-likeness (QED) is 0.540. The number of aromatic nitrogens is 2. The summed E-state index contributed by atoms with van der Waals surface area (Å²) in [6.07, 6.45) is 4.98. The highest BCUT2D eigenvalue weighted by molar-refractivity contribution is 5.64. The average Bonchev–Trinajstić information content (AvgIpc) is 2.89. The predicted molar refractivity (Wildman–Crippen MR) is 148 cm³/mol. The standard InChI is InChI=1S/C28H44N6O2/c1-6-23(7-2)36-28-24(8-3)30-27(35)26(31-28)29-21-9-10-25(20(4)19-21)34-13-11-22(12-14-34)33-17-15-32(5)16-18-33/h9-10,19,22-23H,6-8,11-18H2,1-5H3,(H,29,31)(H,30,35). The molecular weight excluding hydrogens is 452 g/mol. The van der Waals surface area contributed by atoms with Crippen molar-refractivity contribution in [1.82, 2.24) is 19.8 Å².